The molecule has 0 saturated heterocycles. The minimum absolute atomic E-state index is 0.284. The van der Waals surface area contributed by atoms with Gasteiger partial charge in [0.05, 0.1) is 19.9 Å². The second-order valence-electron chi connectivity index (χ2n) is 5.68. The topological polar surface area (TPSA) is 104 Å². The van der Waals surface area contributed by atoms with Crippen molar-refractivity contribution in [2.45, 2.75) is 0 Å². The smallest absolute Gasteiger partial charge is 0.351 e. The van der Waals surface area contributed by atoms with Crippen molar-refractivity contribution in [3.05, 3.63) is 64.5 Å². The highest BCUT2D eigenvalue weighted by atomic mass is 16.5. The molecule has 1 aromatic heterocycles. The summed E-state index contributed by atoms with van der Waals surface area (Å²) in [6.45, 7) is -0.583. The zero-order chi connectivity index (χ0) is 20.1. The van der Waals surface area contributed by atoms with Crippen molar-refractivity contribution < 1.29 is 28.2 Å². The van der Waals surface area contributed by atoms with Crippen molar-refractivity contribution in [2.24, 2.45) is 0 Å². The van der Waals surface area contributed by atoms with Gasteiger partial charge in [0, 0.05) is 11.5 Å². The number of rotatable bonds is 6. The lowest BCUT2D eigenvalue weighted by Gasteiger charge is -2.11. The van der Waals surface area contributed by atoms with Gasteiger partial charge in [-0.15, -0.1) is 0 Å². The highest BCUT2D eigenvalue weighted by Gasteiger charge is 2.17. The van der Waals surface area contributed by atoms with Crippen LogP contribution >= 0.6 is 0 Å². The van der Waals surface area contributed by atoms with Gasteiger partial charge in [-0.05, 0) is 24.3 Å². The molecule has 0 unspecified atom stereocenters. The van der Waals surface area contributed by atoms with Gasteiger partial charge in [-0.3, -0.25) is 4.79 Å². The van der Waals surface area contributed by atoms with Crippen LogP contribution in [0.5, 0.6) is 11.5 Å². The molecule has 0 saturated carbocycles. The number of fused-ring (bicyclic) bond motifs is 1. The maximum Gasteiger partial charge on any atom is 0.351 e. The van der Waals surface area contributed by atoms with Crippen molar-refractivity contribution in [3.63, 3.8) is 0 Å². The van der Waals surface area contributed by atoms with Gasteiger partial charge in [0.2, 0.25) is 0 Å². The number of esters is 1. The molecule has 1 amide bonds. The van der Waals surface area contributed by atoms with Crippen molar-refractivity contribution in [3.8, 4) is 11.5 Å². The average Bonchev–Trinajstić information content (AvgIpc) is 2.71. The van der Waals surface area contributed by atoms with Crippen LogP contribution in [0, 0.1) is 0 Å². The number of carbonyl (C=O) groups excluding carboxylic acids is 2. The molecule has 28 heavy (non-hydrogen) atoms. The number of para-hydroxylation sites is 1. The highest BCUT2D eigenvalue weighted by molar-refractivity contribution is 5.97. The molecule has 8 nitrogen and oxygen atoms in total. The van der Waals surface area contributed by atoms with Gasteiger partial charge in [0.1, 0.15) is 22.6 Å². The van der Waals surface area contributed by atoms with Crippen LogP contribution in [0.1, 0.15) is 10.4 Å². The lowest BCUT2D eigenvalue weighted by Crippen LogP contribution is -2.23. The van der Waals surface area contributed by atoms with Crippen LogP contribution in [0.4, 0.5) is 5.69 Å². The van der Waals surface area contributed by atoms with Gasteiger partial charge in [0.15, 0.2) is 6.61 Å². The maximum atomic E-state index is 12.2. The molecule has 0 fully saturated rings. The standard InChI is InChI=1S/C20H17NO7/c1-25-13-7-8-15(17(10-13)26-2)21-18(22)11-27-19(23)14-9-12-5-3-4-6-16(12)28-20(14)24/h3-10H,11H2,1-2H3,(H,21,22). The number of benzene rings is 2. The summed E-state index contributed by atoms with van der Waals surface area (Å²) in [6, 6.07) is 13.0. The Morgan fingerprint density at radius 3 is 2.57 bits per heavy atom. The fourth-order valence-electron chi connectivity index (χ4n) is 2.50. The Balaban J connectivity index is 1.67. The summed E-state index contributed by atoms with van der Waals surface area (Å²) in [6.07, 6.45) is 0. The van der Waals surface area contributed by atoms with E-state index in [-0.39, 0.29) is 5.56 Å². The second-order valence-corrected chi connectivity index (χ2v) is 5.68. The fourth-order valence-corrected chi connectivity index (χ4v) is 2.50. The summed E-state index contributed by atoms with van der Waals surface area (Å²) in [4.78, 5) is 36.2. The molecule has 8 heteroatoms. The Labute approximate surface area is 159 Å². The molecule has 1 N–H and O–H groups in total. The van der Waals surface area contributed by atoms with E-state index in [1.165, 1.54) is 20.3 Å². The molecule has 3 aromatic rings. The quantitative estimate of drug-likeness (QED) is 0.515. The average molecular weight is 383 g/mol. The normalized spacial score (nSPS) is 10.4. The first kappa shape index (κ1) is 19.0. The Morgan fingerprint density at radius 1 is 1.04 bits per heavy atom. The van der Waals surface area contributed by atoms with Gasteiger partial charge in [0.25, 0.3) is 5.91 Å². The molecule has 144 valence electrons. The van der Waals surface area contributed by atoms with Crippen molar-refractivity contribution in [2.75, 3.05) is 26.1 Å². The second kappa shape index (κ2) is 8.26. The van der Waals surface area contributed by atoms with Crippen LogP contribution in [0.15, 0.2) is 57.7 Å². The Morgan fingerprint density at radius 2 is 1.82 bits per heavy atom. The van der Waals surface area contributed by atoms with E-state index in [2.05, 4.69) is 5.32 Å². The lowest BCUT2D eigenvalue weighted by molar-refractivity contribution is -0.119. The van der Waals surface area contributed by atoms with Crippen molar-refractivity contribution in [1.29, 1.82) is 0 Å². The maximum absolute atomic E-state index is 12.2. The monoisotopic (exact) mass is 383 g/mol. The summed E-state index contributed by atoms with van der Waals surface area (Å²) < 4.78 is 20.3. The summed E-state index contributed by atoms with van der Waals surface area (Å²) >= 11 is 0. The summed E-state index contributed by atoms with van der Waals surface area (Å²) in [7, 11) is 2.96. The minimum atomic E-state index is -0.948. The minimum Gasteiger partial charge on any atom is -0.497 e. The number of anilines is 1. The third kappa shape index (κ3) is 4.12. The number of carbonyl (C=O) groups is 2. The predicted octanol–water partition coefficient (Wildman–Crippen LogP) is 2.61. The lowest BCUT2D eigenvalue weighted by atomic mass is 10.2. The van der Waals surface area contributed by atoms with Crippen molar-refractivity contribution in [1.82, 2.24) is 0 Å². The van der Waals surface area contributed by atoms with E-state index in [4.69, 9.17) is 18.6 Å². The summed E-state index contributed by atoms with van der Waals surface area (Å²) in [5.74, 6) is -0.600. The summed E-state index contributed by atoms with van der Waals surface area (Å²) in [5, 5.41) is 3.14. The van der Waals surface area contributed by atoms with E-state index in [0.717, 1.165) is 0 Å². The third-order valence-electron chi connectivity index (χ3n) is 3.88. The number of amides is 1. The van der Waals surface area contributed by atoms with E-state index in [1.54, 1.807) is 42.5 Å². The first-order chi connectivity index (χ1) is 13.5. The van der Waals surface area contributed by atoms with Gasteiger partial charge < -0.3 is 23.9 Å². The number of methoxy groups -OCH3 is 2. The fraction of sp³-hybridized carbons (Fsp3) is 0.150. The van der Waals surface area contributed by atoms with Crippen LogP contribution in [0.2, 0.25) is 0 Å². The Hall–Kier alpha value is -3.81. The highest BCUT2D eigenvalue weighted by Crippen LogP contribution is 2.28. The molecule has 0 radical (unpaired) electrons. The first-order valence-electron chi connectivity index (χ1n) is 8.23. The van der Waals surface area contributed by atoms with E-state index >= 15 is 0 Å². The zero-order valence-electron chi connectivity index (χ0n) is 15.2. The molecular weight excluding hydrogens is 366 g/mol. The molecule has 2 aromatic carbocycles. The van der Waals surface area contributed by atoms with Crippen LogP contribution in [-0.2, 0) is 9.53 Å². The Bertz CT molecular complexity index is 1090. The SMILES string of the molecule is COc1ccc(NC(=O)COC(=O)c2cc3ccccc3oc2=O)c(OC)c1. The molecule has 0 spiro atoms. The van der Waals surface area contributed by atoms with Gasteiger partial charge in [-0.25, -0.2) is 9.59 Å². The van der Waals surface area contributed by atoms with Crippen LogP contribution in [0.25, 0.3) is 11.0 Å². The molecule has 0 bridgehead atoms. The molecule has 0 atom stereocenters. The third-order valence-corrected chi connectivity index (χ3v) is 3.88. The molecule has 1 heterocycles. The van der Waals surface area contributed by atoms with Crippen molar-refractivity contribution >= 4 is 28.5 Å². The summed E-state index contributed by atoms with van der Waals surface area (Å²) in [5.41, 5.74) is -0.377. The zero-order valence-corrected chi connectivity index (χ0v) is 15.2. The molecule has 0 aliphatic rings. The molecular formula is C20H17NO7. The van der Waals surface area contributed by atoms with E-state index in [9.17, 15) is 14.4 Å². The van der Waals surface area contributed by atoms with Gasteiger partial charge in [-0.1, -0.05) is 18.2 Å². The predicted molar refractivity (Wildman–Crippen MR) is 101 cm³/mol. The number of hydrogen-bond donors (Lipinski definition) is 1. The van der Waals surface area contributed by atoms with E-state index in [1.807, 2.05) is 0 Å². The first-order valence-corrected chi connectivity index (χ1v) is 8.23. The molecule has 3 rings (SSSR count). The van der Waals surface area contributed by atoms with Gasteiger partial charge >= 0.3 is 11.6 Å². The number of hydrogen-bond acceptors (Lipinski definition) is 7. The molecule has 0 aliphatic heterocycles. The largest absolute Gasteiger partial charge is 0.497 e. The van der Waals surface area contributed by atoms with E-state index < -0.39 is 24.1 Å². The van der Waals surface area contributed by atoms with Crippen LogP contribution < -0.4 is 20.4 Å². The number of ether oxygens (including phenoxy) is 3. The molecule has 0 aliphatic carbocycles. The Kier molecular flexibility index (Phi) is 5.59. The van der Waals surface area contributed by atoms with Gasteiger partial charge in [-0.2, -0.15) is 0 Å². The van der Waals surface area contributed by atoms with Crippen LogP contribution in [-0.4, -0.2) is 32.7 Å². The van der Waals surface area contributed by atoms with E-state index in [0.29, 0.717) is 28.2 Å². The van der Waals surface area contributed by atoms with Crippen LogP contribution in [0.3, 0.4) is 0 Å². The number of nitrogens with one attached hydrogen (secondary N) is 1.